The van der Waals surface area contributed by atoms with E-state index in [1.165, 1.54) is 19.0 Å². The van der Waals surface area contributed by atoms with Gasteiger partial charge in [-0.25, -0.2) is 4.98 Å². The molecular weight excluding hydrogens is 212 g/mol. The molecule has 0 unspecified atom stereocenters. The Hall–Kier alpha value is -1.35. The van der Waals surface area contributed by atoms with Gasteiger partial charge < -0.3 is 5.32 Å². The van der Waals surface area contributed by atoms with Crippen LogP contribution in [0.3, 0.4) is 0 Å². The van der Waals surface area contributed by atoms with Crippen LogP contribution in [0.5, 0.6) is 0 Å². The SMILES string of the molecule is O=C(/C=C/C1CC1)Nc1ccc(Cl)nc1. The third kappa shape index (κ3) is 3.36. The van der Waals surface area contributed by atoms with Gasteiger partial charge in [0.05, 0.1) is 11.9 Å². The van der Waals surface area contributed by atoms with Gasteiger partial charge in [0, 0.05) is 0 Å². The first kappa shape index (κ1) is 10.2. The maximum Gasteiger partial charge on any atom is 0.248 e. The van der Waals surface area contributed by atoms with Crippen molar-refractivity contribution in [3.05, 3.63) is 35.6 Å². The number of carbonyl (C=O) groups excluding carboxylic acids is 1. The highest BCUT2D eigenvalue weighted by atomic mass is 35.5. The molecule has 1 aliphatic rings. The molecule has 1 fully saturated rings. The van der Waals surface area contributed by atoms with Gasteiger partial charge >= 0.3 is 0 Å². The number of allylic oxidation sites excluding steroid dienone is 1. The average molecular weight is 223 g/mol. The van der Waals surface area contributed by atoms with E-state index in [0.29, 0.717) is 16.8 Å². The Morgan fingerprint density at radius 1 is 1.53 bits per heavy atom. The van der Waals surface area contributed by atoms with Crippen LogP contribution in [0, 0.1) is 5.92 Å². The lowest BCUT2D eigenvalue weighted by molar-refractivity contribution is -0.111. The molecule has 0 aliphatic heterocycles. The molecule has 0 atom stereocenters. The minimum Gasteiger partial charge on any atom is -0.321 e. The molecule has 1 saturated carbocycles. The molecule has 1 amide bonds. The molecule has 0 bridgehead atoms. The third-order valence-electron chi connectivity index (χ3n) is 2.14. The van der Waals surface area contributed by atoms with Gasteiger partial charge in [-0.05, 0) is 37.0 Å². The van der Waals surface area contributed by atoms with E-state index >= 15 is 0 Å². The monoisotopic (exact) mass is 222 g/mol. The number of amides is 1. The summed E-state index contributed by atoms with van der Waals surface area (Å²) < 4.78 is 0. The van der Waals surface area contributed by atoms with Crippen molar-refractivity contribution in [3.8, 4) is 0 Å². The molecule has 0 saturated heterocycles. The van der Waals surface area contributed by atoms with Gasteiger partial charge in [0.1, 0.15) is 5.15 Å². The number of hydrogen-bond acceptors (Lipinski definition) is 2. The fourth-order valence-corrected chi connectivity index (χ4v) is 1.26. The number of aromatic nitrogens is 1. The van der Waals surface area contributed by atoms with Gasteiger partial charge in [0.25, 0.3) is 0 Å². The molecule has 2 rings (SSSR count). The van der Waals surface area contributed by atoms with E-state index in [2.05, 4.69) is 10.3 Å². The highest BCUT2D eigenvalue weighted by Crippen LogP contribution is 2.29. The van der Waals surface area contributed by atoms with Crippen molar-refractivity contribution in [1.29, 1.82) is 0 Å². The lowest BCUT2D eigenvalue weighted by atomic mass is 10.3. The summed E-state index contributed by atoms with van der Waals surface area (Å²) in [6.07, 6.45) is 7.45. The van der Waals surface area contributed by atoms with Crippen molar-refractivity contribution in [2.24, 2.45) is 5.92 Å². The van der Waals surface area contributed by atoms with Crippen LogP contribution >= 0.6 is 11.6 Å². The van der Waals surface area contributed by atoms with Crippen molar-refractivity contribution in [3.63, 3.8) is 0 Å². The zero-order valence-corrected chi connectivity index (χ0v) is 8.87. The molecule has 3 nitrogen and oxygen atoms in total. The summed E-state index contributed by atoms with van der Waals surface area (Å²) in [7, 11) is 0. The van der Waals surface area contributed by atoms with Crippen molar-refractivity contribution in [1.82, 2.24) is 4.98 Å². The van der Waals surface area contributed by atoms with Crippen molar-refractivity contribution in [2.75, 3.05) is 5.32 Å². The van der Waals surface area contributed by atoms with E-state index in [0.717, 1.165) is 0 Å². The number of nitrogens with zero attached hydrogens (tertiary/aromatic N) is 1. The molecule has 1 aromatic rings. The van der Waals surface area contributed by atoms with E-state index in [1.807, 2.05) is 6.08 Å². The topological polar surface area (TPSA) is 42.0 Å². The van der Waals surface area contributed by atoms with Gasteiger partial charge in [0.15, 0.2) is 0 Å². The molecule has 0 radical (unpaired) electrons. The van der Waals surface area contributed by atoms with Gasteiger partial charge in [-0.2, -0.15) is 0 Å². The van der Waals surface area contributed by atoms with Crippen LogP contribution in [0.1, 0.15) is 12.8 Å². The zero-order chi connectivity index (χ0) is 10.7. The maximum absolute atomic E-state index is 11.4. The van der Waals surface area contributed by atoms with E-state index < -0.39 is 0 Å². The quantitative estimate of drug-likeness (QED) is 0.631. The second-order valence-corrected chi connectivity index (χ2v) is 3.94. The normalized spacial score (nSPS) is 15.5. The van der Waals surface area contributed by atoms with E-state index in [4.69, 9.17) is 11.6 Å². The largest absolute Gasteiger partial charge is 0.321 e. The predicted octanol–water partition coefficient (Wildman–Crippen LogP) is 2.64. The van der Waals surface area contributed by atoms with Crippen LogP contribution in [0.25, 0.3) is 0 Å². The predicted molar refractivity (Wildman–Crippen MR) is 59.7 cm³/mol. The number of rotatable bonds is 3. The minimum absolute atomic E-state index is 0.119. The second kappa shape index (κ2) is 4.45. The van der Waals surface area contributed by atoms with Crippen molar-refractivity contribution in [2.45, 2.75) is 12.8 Å². The Bertz CT molecular complexity index is 382. The van der Waals surface area contributed by atoms with Crippen LogP contribution in [-0.2, 0) is 4.79 Å². The summed E-state index contributed by atoms with van der Waals surface area (Å²) in [6.45, 7) is 0. The minimum atomic E-state index is -0.119. The Balaban J connectivity index is 1.90. The molecular formula is C11H11ClN2O. The fourth-order valence-electron chi connectivity index (χ4n) is 1.15. The number of hydrogen-bond donors (Lipinski definition) is 1. The van der Waals surface area contributed by atoms with E-state index in [-0.39, 0.29) is 5.91 Å². The number of anilines is 1. The van der Waals surface area contributed by atoms with Crippen LogP contribution in [0.2, 0.25) is 5.15 Å². The molecule has 1 heterocycles. The van der Waals surface area contributed by atoms with Crippen molar-refractivity contribution >= 4 is 23.2 Å². The molecule has 4 heteroatoms. The van der Waals surface area contributed by atoms with Crippen molar-refractivity contribution < 1.29 is 4.79 Å². The van der Waals surface area contributed by atoms with E-state index in [1.54, 1.807) is 18.2 Å². The standard InChI is InChI=1S/C11H11ClN2O/c12-10-5-4-9(7-13-10)14-11(15)6-3-8-1-2-8/h3-8H,1-2H2,(H,14,15)/b6-3+. The summed E-state index contributed by atoms with van der Waals surface area (Å²) >= 11 is 5.62. The Kier molecular flexibility index (Phi) is 3.02. The number of carbonyl (C=O) groups is 1. The van der Waals surface area contributed by atoms with Crippen LogP contribution in [0.4, 0.5) is 5.69 Å². The molecule has 1 aliphatic carbocycles. The first-order valence-corrected chi connectivity index (χ1v) is 5.22. The molecule has 0 spiro atoms. The van der Waals surface area contributed by atoms with Gasteiger partial charge in [-0.3, -0.25) is 4.79 Å². The number of halogens is 1. The number of nitrogens with one attached hydrogen (secondary N) is 1. The fraction of sp³-hybridized carbons (Fsp3) is 0.273. The van der Waals surface area contributed by atoms with Crippen LogP contribution in [-0.4, -0.2) is 10.9 Å². The summed E-state index contributed by atoms with van der Waals surface area (Å²) in [4.78, 5) is 15.2. The van der Waals surface area contributed by atoms with Crippen LogP contribution < -0.4 is 5.32 Å². The van der Waals surface area contributed by atoms with Crippen LogP contribution in [0.15, 0.2) is 30.5 Å². The summed E-state index contributed by atoms with van der Waals surface area (Å²) in [5, 5.41) is 3.12. The van der Waals surface area contributed by atoms with Gasteiger partial charge in [-0.15, -0.1) is 0 Å². The summed E-state index contributed by atoms with van der Waals surface area (Å²) in [5.74, 6) is 0.491. The second-order valence-electron chi connectivity index (χ2n) is 3.56. The van der Waals surface area contributed by atoms with Gasteiger partial charge in [-0.1, -0.05) is 17.7 Å². The first-order chi connectivity index (χ1) is 7.24. The summed E-state index contributed by atoms with van der Waals surface area (Å²) in [6, 6.07) is 3.36. The third-order valence-corrected chi connectivity index (χ3v) is 2.36. The highest BCUT2D eigenvalue weighted by molar-refractivity contribution is 6.29. The van der Waals surface area contributed by atoms with Gasteiger partial charge in [0.2, 0.25) is 5.91 Å². The molecule has 1 N–H and O–H groups in total. The Labute approximate surface area is 93.2 Å². The molecule has 0 aromatic carbocycles. The Morgan fingerprint density at radius 3 is 2.93 bits per heavy atom. The number of pyridine rings is 1. The lowest BCUT2D eigenvalue weighted by Gasteiger charge is -2.00. The summed E-state index contributed by atoms with van der Waals surface area (Å²) in [5.41, 5.74) is 0.657. The molecule has 1 aromatic heterocycles. The Morgan fingerprint density at radius 2 is 2.33 bits per heavy atom. The van der Waals surface area contributed by atoms with E-state index in [9.17, 15) is 4.79 Å². The highest BCUT2D eigenvalue weighted by Gasteiger charge is 2.17. The maximum atomic E-state index is 11.4. The molecule has 78 valence electrons. The smallest absolute Gasteiger partial charge is 0.248 e. The molecule has 15 heavy (non-hydrogen) atoms. The lowest BCUT2D eigenvalue weighted by Crippen LogP contribution is -2.07. The first-order valence-electron chi connectivity index (χ1n) is 4.85. The zero-order valence-electron chi connectivity index (χ0n) is 8.11. The average Bonchev–Trinajstić information content (AvgIpc) is 3.02.